The van der Waals surface area contributed by atoms with Crippen LogP contribution in [0.25, 0.3) is 144 Å². The number of benzene rings is 7. The molecule has 0 spiro atoms. The molecule has 16 rings (SSSR count). The predicted octanol–water partition coefficient (Wildman–Crippen LogP) is 15.9. The molecule has 0 unspecified atom stereocenters. The minimum atomic E-state index is 0.426. The fourth-order valence-corrected chi connectivity index (χ4v) is 12.2. The second-order valence-electron chi connectivity index (χ2n) is 19.5. The molecule has 9 heterocycles. The van der Waals surface area contributed by atoms with E-state index in [0.29, 0.717) is 16.9 Å². The zero-order chi connectivity index (χ0) is 51.4. The van der Waals surface area contributed by atoms with E-state index < -0.39 is 0 Å². The van der Waals surface area contributed by atoms with Crippen molar-refractivity contribution in [2.24, 2.45) is 0 Å². The van der Waals surface area contributed by atoms with Crippen LogP contribution in [0.3, 0.4) is 0 Å². The SMILES string of the molecule is N#Cc1c(-n2c3ccccc3c3ncccc32)c(-c2cc(-c3ccccc3)nc(-c3ccccc3)c2)c(-n2c3ccccc3c3ncccc32)c(-n2c3ccccc3c3ncccc32)c1-n1c2ccccc2c2ncccc21. The van der Waals surface area contributed by atoms with Crippen LogP contribution >= 0.6 is 0 Å². The molecule has 0 fully saturated rings. The van der Waals surface area contributed by atoms with Crippen LogP contribution in [0.2, 0.25) is 0 Å². The number of nitriles is 1. The summed E-state index contributed by atoms with van der Waals surface area (Å²) >= 11 is 0. The highest BCUT2D eigenvalue weighted by Gasteiger charge is 2.36. The molecule has 0 aliphatic carbocycles. The number of para-hydroxylation sites is 4. The predicted molar refractivity (Wildman–Crippen MR) is 314 cm³/mol. The number of hydrogen-bond acceptors (Lipinski definition) is 6. The monoisotopic (exact) mass is 996 g/mol. The van der Waals surface area contributed by atoms with E-state index in [2.05, 4.69) is 206 Å². The number of hydrogen-bond donors (Lipinski definition) is 0. The van der Waals surface area contributed by atoms with E-state index in [0.717, 1.165) is 133 Å². The summed E-state index contributed by atoms with van der Waals surface area (Å²) in [4.78, 5) is 26.0. The van der Waals surface area contributed by atoms with Gasteiger partial charge in [0.15, 0.2) is 0 Å². The van der Waals surface area contributed by atoms with Crippen molar-refractivity contribution in [3.8, 4) is 62.5 Å². The van der Waals surface area contributed by atoms with Gasteiger partial charge in [0.1, 0.15) is 11.6 Å². The lowest BCUT2D eigenvalue weighted by molar-refractivity contribution is 1.03. The van der Waals surface area contributed by atoms with Crippen molar-refractivity contribution >= 4 is 87.7 Å². The highest BCUT2D eigenvalue weighted by molar-refractivity contribution is 6.15. The molecule has 0 saturated heterocycles. The largest absolute Gasteiger partial charge is 0.305 e. The molecule has 10 nitrogen and oxygen atoms in total. The summed E-state index contributed by atoms with van der Waals surface area (Å²) in [5, 5.41) is 16.7. The van der Waals surface area contributed by atoms with Crippen LogP contribution in [0.1, 0.15) is 5.56 Å². The molecule has 10 heteroatoms. The van der Waals surface area contributed by atoms with Crippen molar-refractivity contribution in [3.63, 3.8) is 0 Å². The zero-order valence-electron chi connectivity index (χ0n) is 41.6. The van der Waals surface area contributed by atoms with E-state index in [-0.39, 0.29) is 0 Å². The lowest BCUT2D eigenvalue weighted by Gasteiger charge is -2.29. The van der Waals surface area contributed by atoms with Crippen LogP contribution in [0.5, 0.6) is 0 Å². The van der Waals surface area contributed by atoms with Crippen molar-refractivity contribution in [2.75, 3.05) is 0 Å². The van der Waals surface area contributed by atoms with Gasteiger partial charge in [0.05, 0.1) is 100 Å². The van der Waals surface area contributed by atoms with E-state index in [9.17, 15) is 5.26 Å². The normalized spacial score (nSPS) is 11.8. The van der Waals surface area contributed by atoms with Gasteiger partial charge < -0.3 is 18.3 Å². The summed E-state index contributed by atoms with van der Waals surface area (Å²) in [5.41, 5.74) is 18.7. The van der Waals surface area contributed by atoms with E-state index in [1.54, 1.807) is 0 Å². The molecule has 0 N–H and O–H groups in total. The topological polar surface area (TPSA) is 108 Å². The van der Waals surface area contributed by atoms with Crippen molar-refractivity contribution in [1.29, 1.82) is 5.26 Å². The molecule has 0 radical (unpaired) electrons. The molecule has 0 bridgehead atoms. The quantitative estimate of drug-likeness (QED) is 0.157. The number of rotatable bonds is 7. The molecule has 0 amide bonds. The fourth-order valence-electron chi connectivity index (χ4n) is 12.2. The Bertz CT molecular complexity index is 4900. The van der Waals surface area contributed by atoms with Gasteiger partial charge in [-0.3, -0.25) is 19.9 Å². The van der Waals surface area contributed by atoms with Crippen LogP contribution in [0.15, 0.2) is 243 Å². The summed E-state index contributed by atoms with van der Waals surface area (Å²) in [6.07, 6.45) is 7.42. The van der Waals surface area contributed by atoms with E-state index in [4.69, 9.17) is 24.9 Å². The Kier molecular flexibility index (Phi) is 9.46. The fraction of sp³-hybridized carbons (Fsp3) is 0. The van der Waals surface area contributed by atoms with Crippen LogP contribution in [0, 0.1) is 11.3 Å². The standard InChI is InChI=1S/C68H40N10/c69-41-49-65(75-52-27-11-7-23-45(52)61-56(75)31-15-35-70-61)60(44-39-50(42-19-3-1-4-20-42)74-51(40-44)43-21-5-2-6-22-43)67(77-54-29-13-9-25-47(54)63-58(77)33-17-37-72-63)68(78-55-30-14-10-26-48(55)64-59(78)34-18-38-73-64)66(49)76-53-28-12-8-24-46(53)62-57(76)32-16-36-71-62/h1-40H. The third kappa shape index (κ3) is 6.21. The van der Waals surface area contributed by atoms with Gasteiger partial charge in [0.25, 0.3) is 0 Å². The molecule has 16 aromatic rings. The Labute approximate surface area is 445 Å². The number of aromatic nitrogens is 9. The molecule has 362 valence electrons. The van der Waals surface area contributed by atoms with Crippen LogP contribution in [-0.4, -0.2) is 43.2 Å². The average Bonchev–Trinajstić information content (AvgIpc) is 4.34. The summed E-state index contributed by atoms with van der Waals surface area (Å²) in [6.45, 7) is 0. The van der Waals surface area contributed by atoms with Crippen LogP contribution in [0.4, 0.5) is 0 Å². The molecule has 9 aromatic heterocycles. The van der Waals surface area contributed by atoms with Crippen molar-refractivity contribution in [3.05, 3.63) is 249 Å². The highest BCUT2D eigenvalue weighted by Crippen LogP contribution is 2.52. The summed E-state index contributed by atoms with van der Waals surface area (Å²) in [7, 11) is 0. The van der Waals surface area contributed by atoms with Crippen molar-refractivity contribution < 1.29 is 0 Å². The van der Waals surface area contributed by atoms with E-state index in [1.165, 1.54) is 0 Å². The second kappa shape index (κ2) is 17.0. The molecule has 0 atom stereocenters. The number of nitrogens with zero attached hydrogens (tertiary/aromatic N) is 10. The third-order valence-corrected chi connectivity index (χ3v) is 15.4. The Hall–Kier alpha value is -11.0. The van der Waals surface area contributed by atoms with Crippen LogP contribution in [-0.2, 0) is 0 Å². The van der Waals surface area contributed by atoms with Gasteiger partial charge in [-0.05, 0) is 90.5 Å². The van der Waals surface area contributed by atoms with Crippen molar-refractivity contribution in [2.45, 2.75) is 0 Å². The molecule has 0 aliphatic heterocycles. The Morgan fingerprint density at radius 2 is 0.615 bits per heavy atom. The first-order valence-electron chi connectivity index (χ1n) is 25.9. The Balaban J connectivity index is 1.27. The smallest absolute Gasteiger partial charge is 0.104 e. The number of fused-ring (bicyclic) bond motifs is 12. The summed E-state index contributed by atoms with van der Waals surface area (Å²) in [5.74, 6) is 0. The van der Waals surface area contributed by atoms with Gasteiger partial charge in [-0.15, -0.1) is 0 Å². The van der Waals surface area contributed by atoms with Gasteiger partial charge in [-0.25, -0.2) is 4.98 Å². The van der Waals surface area contributed by atoms with Gasteiger partial charge >= 0.3 is 0 Å². The molecule has 78 heavy (non-hydrogen) atoms. The first-order chi connectivity index (χ1) is 38.7. The van der Waals surface area contributed by atoms with E-state index >= 15 is 0 Å². The average molecular weight is 997 g/mol. The van der Waals surface area contributed by atoms with Gasteiger partial charge in [0, 0.05) is 63.0 Å². The Morgan fingerprint density at radius 3 is 1.00 bits per heavy atom. The minimum Gasteiger partial charge on any atom is -0.305 e. The second-order valence-corrected chi connectivity index (χ2v) is 19.5. The molecular weight excluding hydrogens is 957 g/mol. The minimum absolute atomic E-state index is 0.426. The van der Waals surface area contributed by atoms with E-state index in [1.807, 2.05) is 61.2 Å². The van der Waals surface area contributed by atoms with Gasteiger partial charge in [-0.2, -0.15) is 5.26 Å². The maximum absolute atomic E-state index is 12.9. The first-order valence-corrected chi connectivity index (χ1v) is 25.9. The molecule has 0 aliphatic rings. The highest BCUT2D eigenvalue weighted by atomic mass is 15.1. The molecular formula is C68H40N10. The first kappa shape index (κ1) is 43.4. The zero-order valence-corrected chi connectivity index (χ0v) is 41.6. The molecule has 0 saturated carbocycles. The Morgan fingerprint density at radius 1 is 0.295 bits per heavy atom. The van der Waals surface area contributed by atoms with Crippen molar-refractivity contribution in [1.82, 2.24) is 43.2 Å². The number of pyridine rings is 5. The molecule has 7 aromatic carbocycles. The van der Waals surface area contributed by atoms with Gasteiger partial charge in [-0.1, -0.05) is 133 Å². The third-order valence-electron chi connectivity index (χ3n) is 15.4. The lowest BCUT2D eigenvalue weighted by Crippen LogP contribution is -2.16. The van der Waals surface area contributed by atoms with Crippen LogP contribution < -0.4 is 0 Å². The maximum Gasteiger partial charge on any atom is 0.104 e. The summed E-state index contributed by atoms with van der Waals surface area (Å²) in [6, 6.07) is 78.3. The summed E-state index contributed by atoms with van der Waals surface area (Å²) < 4.78 is 9.28. The van der Waals surface area contributed by atoms with Gasteiger partial charge in [0.2, 0.25) is 0 Å². The lowest BCUT2D eigenvalue weighted by atomic mass is 9.91. The maximum atomic E-state index is 12.9.